The van der Waals surface area contributed by atoms with Gasteiger partial charge in [-0.1, -0.05) is 25.1 Å². The van der Waals surface area contributed by atoms with Crippen LogP contribution in [0.1, 0.15) is 38.3 Å². The smallest absolute Gasteiger partial charge is 0.317 e. The van der Waals surface area contributed by atoms with Gasteiger partial charge in [-0.15, -0.1) is 12.4 Å². The van der Waals surface area contributed by atoms with Crippen LogP contribution in [0.2, 0.25) is 0 Å². The van der Waals surface area contributed by atoms with Crippen molar-refractivity contribution >= 4 is 24.3 Å². The Morgan fingerprint density at radius 1 is 1.32 bits per heavy atom. The van der Waals surface area contributed by atoms with Crippen LogP contribution < -0.4 is 10.1 Å². The summed E-state index contributed by atoms with van der Waals surface area (Å²) in [5.41, 5.74) is 0.958. The molecule has 1 aromatic carbocycles. The Bertz CT molecular complexity index is 636. The minimum Gasteiger partial charge on any atom is -0.496 e. The number of benzene rings is 1. The number of nitrogens with one attached hydrogen (secondary N) is 1. The molecule has 1 atom stereocenters. The number of hydrogen-bond acceptors (Lipinski definition) is 5. The lowest BCUT2D eigenvalue weighted by Crippen LogP contribution is -2.48. The van der Waals surface area contributed by atoms with Gasteiger partial charge in [0.25, 0.3) is 0 Å². The molecule has 1 unspecified atom stereocenters. The topological polar surface area (TPSA) is 82.1 Å². The summed E-state index contributed by atoms with van der Waals surface area (Å²) in [5, 5.41) is 12.1. The van der Waals surface area contributed by atoms with Crippen LogP contribution in [0.5, 0.6) is 5.75 Å². The van der Waals surface area contributed by atoms with Crippen LogP contribution in [0.15, 0.2) is 24.3 Å². The molecule has 1 aliphatic rings. The normalized spacial score (nSPS) is 16.3. The number of likely N-dealkylation sites (N-methyl/N-ethyl adjacent to an activating group) is 1. The third kappa shape index (κ3) is 6.96. The number of para-hydroxylation sites is 1. The highest BCUT2D eigenvalue weighted by molar-refractivity contribution is 5.85. The molecule has 1 saturated heterocycles. The van der Waals surface area contributed by atoms with Gasteiger partial charge in [0, 0.05) is 24.7 Å². The number of nitrogens with zero attached hydrogens (tertiary/aromatic N) is 2. The maximum Gasteiger partial charge on any atom is 0.317 e. The second kappa shape index (κ2) is 11.9. The molecule has 0 aromatic heterocycles. The molecule has 28 heavy (non-hydrogen) atoms. The number of likely N-dealkylation sites (tertiary alicyclic amines) is 1. The molecule has 0 aliphatic carbocycles. The minimum absolute atomic E-state index is 0. The maximum absolute atomic E-state index is 12.4. The highest BCUT2D eigenvalue weighted by Gasteiger charge is 2.26. The lowest BCUT2D eigenvalue weighted by Gasteiger charge is -2.37. The van der Waals surface area contributed by atoms with Gasteiger partial charge in [-0.05, 0) is 32.4 Å². The fourth-order valence-corrected chi connectivity index (χ4v) is 3.71. The Balaban J connectivity index is 0.00000392. The van der Waals surface area contributed by atoms with E-state index in [9.17, 15) is 9.59 Å². The van der Waals surface area contributed by atoms with Crippen LogP contribution in [-0.2, 0) is 9.59 Å². The van der Waals surface area contributed by atoms with Crippen molar-refractivity contribution in [1.29, 1.82) is 0 Å². The van der Waals surface area contributed by atoms with E-state index >= 15 is 0 Å². The van der Waals surface area contributed by atoms with Crippen molar-refractivity contribution in [1.82, 2.24) is 15.1 Å². The number of rotatable bonds is 9. The Morgan fingerprint density at radius 2 is 1.96 bits per heavy atom. The predicted octanol–water partition coefficient (Wildman–Crippen LogP) is 2.17. The number of carboxylic acids is 1. The van der Waals surface area contributed by atoms with Crippen molar-refractivity contribution in [2.24, 2.45) is 0 Å². The summed E-state index contributed by atoms with van der Waals surface area (Å²) in [6, 6.07) is 7.83. The predicted molar refractivity (Wildman–Crippen MR) is 111 cm³/mol. The summed E-state index contributed by atoms with van der Waals surface area (Å²) < 4.78 is 5.36. The largest absolute Gasteiger partial charge is 0.496 e. The second-order valence-corrected chi connectivity index (χ2v) is 7.00. The number of carbonyl (C=O) groups excluding carboxylic acids is 1. The Morgan fingerprint density at radius 3 is 2.54 bits per heavy atom. The number of hydrogen-bond donors (Lipinski definition) is 2. The lowest BCUT2D eigenvalue weighted by atomic mass is 10.0. The zero-order valence-corrected chi connectivity index (χ0v) is 17.7. The third-order valence-electron chi connectivity index (χ3n) is 5.17. The Kier molecular flexibility index (Phi) is 10.3. The first-order valence-corrected chi connectivity index (χ1v) is 9.55. The van der Waals surface area contributed by atoms with Crippen molar-refractivity contribution in [3.05, 3.63) is 29.8 Å². The van der Waals surface area contributed by atoms with Crippen LogP contribution in [0.3, 0.4) is 0 Å². The minimum atomic E-state index is -0.788. The van der Waals surface area contributed by atoms with E-state index in [2.05, 4.69) is 10.2 Å². The van der Waals surface area contributed by atoms with E-state index in [-0.39, 0.29) is 36.9 Å². The quantitative estimate of drug-likeness (QED) is 0.645. The van der Waals surface area contributed by atoms with Crippen LogP contribution in [-0.4, -0.2) is 72.7 Å². The van der Waals surface area contributed by atoms with E-state index in [1.807, 2.05) is 43.0 Å². The number of aliphatic carboxylic acids is 1. The van der Waals surface area contributed by atoms with Crippen molar-refractivity contribution < 1.29 is 19.4 Å². The first-order chi connectivity index (χ1) is 12.9. The maximum atomic E-state index is 12.4. The van der Waals surface area contributed by atoms with Gasteiger partial charge in [0.15, 0.2) is 0 Å². The number of amides is 1. The number of halogens is 1. The number of carboxylic acid groups (broad SMARTS) is 1. The summed E-state index contributed by atoms with van der Waals surface area (Å²) >= 11 is 0. The lowest BCUT2D eigenvalue weighted by molar-refractivity contribution is -0.139. The first kappa shape index (κ1) is 24.2. The summed E-state index contributed by atoms with van der Waals surface area (Å²) in [4.78, 5) is 27.5. The molecule has 8 heteroatoms. The summed E-state index contributed by atoms with van der Waals surface area (Å²) in [6.07, 6.45) is 1.77. The number of piperidine rings is 1. The molecule has 1 amide bonds. The number of carbonyl (C=O) groups is 2. The molecule has 0 bridgehead atoms. The van der Waals surface area contributed by atoms with Gasteiger partial charge < -0.3 is 15.2 Å². The van der Waals surface area contributed by atoms with Crippen LogP contribution in [0.25, 0.3) is 0 Å². The summed E-state index contributed by atoms with van der Waals surface area (Å²) in [5.74, 6) is -0.0297. The fraction of sp³-hybridized carbons (Fsp3) is 0.600. The molecule has 0 saturated carbocycles. The molecule has 1 aromatic rings. The molecule has 1 fully saturated rings. The molecule has 2 rings (SSSR count). The third-order valence-corrected chi connectivity index (χ3v) is 5.17. The number of ether oxygens (including phenoxy) is 1. The van der Waals surface area contributed by atoms with Gasteiger partial charge in [-0.2, -0.15) is 0 Å². The Labute approximate surface area is 173 Å². The van der Waals surface area contributed by atoms with Crippen molar-refractivity contribution in [3.8, 4) is 5.75 Å². The van der Waals surface area contributed by atoms with Gasteiger partial charge in [-0.25, -0.2) is 0 Å². The fourth-order valence-electron chi connectivity index (χ4n) is 3.71. The summed E-state index contributed by atoms with van der Waals surface area (Å²) in [6.45, 7) is 6.72. The zero-order valence-electron chi connectivity index (χ0n) is 16.9. The first-order valence-electron chi connectivity index (χ1n) is 9.55. The van der Waals surface area contributed by atoms with Gasteiger partial charge in [0.2, 0.25) is 5.91 Å². The average Bonchev–Trinajstić information content (AvgIpc) is 2.66. The molecular weight excluding hydrogens is 382 g/mol. The molecule has 7 nitrogen and oxygen atoms in total. The van der Waals surface area contributed by atoms with Crippen molar-refractivity contribution in [2.75, 3.05) is 39.8 Å². The second-order valence-electron chi connectivity index (χ2n) is 7.00. The van der Waals surface area contributed by atoms with Crippen molar-refractivity contribution in [2.45, 2.75) is 38.8 Å². The molecule has 2 N–H and O–H groups in total. The van der Waals surface area contributed by atoms with E-state index < -0.39 is 5.97 Å². The van der Waals surface area contributed by atoms with E-state index in [1.165, 1.54) is 0 Å². The van der Waals surface area contributed by atoms with Crippen molar-refractivity contribution in [3.63, 3.8) is 0 Å². The van der Waals surface area contributed by atoms with Gasteiger partial charge >= 0.3 is 5.97 Å². The average molecular weight is 414 g/mol. The Hall–Kier alpha value is -1.83. The highest BCUT2D eigenvalue weighted by Crippen LogP contribution is 2.24. The summed E-state index contributed by atoms with van der Waals surface area (Å²) in [7, 11) is 1.63. The zero-order chi connectivity index (χ0) is 19.8. The molecule has 0 radical (unpaired) electrons. The van der Waals surface area contributed by atoms with Gasteiger partial charge in [0.05, 0.1) is 26.2 Å². The van der Waals surface area contributed by atoms with E-state index in [0.717, 1.165) is 43.8 Å². The van der Waals surface area contributed by atoms with Gasteiger partial charge in [0.1, 0.15) is 5.75 Å². The molecule has 1 aliphatic heterocycles. The standard InChI is InChI=1S/C20H31N3O4.ClH/c1-4-23(14-20(25)26)16-9-11-22(12-10-16)13-19(24)21-15(2)17-7-5-6-8-18(17)27-3;/h5-8,15-16H,4,9-14H2,1-3H3,(H,21,24)(H,25,26);1H. The van der Waals surface area contributed by atoms with Gasteiger partial charge in [-0.3, -0.25) is 19.4 Å². The van der Waals surface area contributed by atoms with E-state index in [0.29, 0.717) is 6.54 Å². The number of methoxy groups -OCH3 is 1. The molecule has 1 heterocycles. The van der Waals surface area contributed by atoms with E-state index in [4.69, 9.17) is 9.84 Å². The highest BCUT2D eigenvalue weighted by atomic mass is 35.5. The molecule has 158 valence electrons. The molecular formula is C20H32ClN3O4. The monoisotopic (exact) mass is 413 g/mol. The van der Waals surface area contributed by atoms with Crippen LogP contribution in [0.4, 0.5) is 0 Å². The van der Waals surface area contributed by atoms with Crippen LogP contribution >= 0.6 is 12.4 Å². The van der Waals surface area contributed by atoms with Crippen LogP contribution in [0, 0.1) is 0 Å². The SMILES string of the molecule is CCN(CC(=O)O)C1CCN(CC(=O)NC(C)c2ccccc2OC)CC1.Cl. The van der Waals surface area contributed by atoms with E-state index in [1.54, 1.807) is 7.11 Å². The molecule has 0 spiro atoms.